The predicted octanol–water partition coefficient (Wildman–Crippen LogP) is 1.81. The Labute approximate surface area is 76.8 Å². The van der Waals surface area contributed by atoms with Gasteiger partial charge in [0.15, 0.2) is 0 Å². The third kappa shape index (κ3) is 2.56. The van der Waals surface area contributed by atoms with Crippen LogP contribution in [0.5, 0.6) is 5.75 Å². The first-order chi connectivity index (χ1) is 6.27. The van der Waals surface area contributed by atoms with E-state index in [0.717, 1.165) is 5.56 Å². The van der Waals surface area contributed by atoms with Crippen LogP contribution in [-0.4, -0.2) is 13.7 Å². The topological polar surface area (TPSA) is 35.2 Å². The molecular weight excluding hydrogens is 169 g/mol. The fraction of sp³-hybridized carbons (Fsp3) is 0.200. The molecule has 2 N–H and O–H groups in total. The maximum Gasteiger partial charge on any atom is 0.128 e. The molecule has 0 saturated heterocycles. The van der Waals surface area contributed by atoms with Gasteiger partial charge in [0.1, 0.15) is 11.6 Å². The normalized spacial score (nSPS) is 10.7. The van der Waals surface area contributed by atoms with Gasteiger partial charge in [-0.3, -0.25) is 0 Å². The van der Waals surface area contributed by atoms with Crippen LogP contribution >= 0.6 is 0 Å². The lowest BCUT2D eigenvalue weighted by molar-refractivity contribution is 0.410. The number of hydrogen-bond donors (Lipinski definition) is 1. The molecule has 1 rings (SSSR count). The number of methoxy groups -OCH3 is 1. The van der Waals surface area contributed by atoms with Gasteiger partial charge in [0.05, 0.1) is 7.11 Å². The summed E-state index contributed by atoms with van der Waals surface area (Å²) < 4.78 is 17.7. The Hall–Kier alpha value is -1.35. The average Bonchev–Trinajstić information content (AvgIpc) is 2.16. The van der Waals surface area contributed by atoms with Gasteiger partial charge in [-0.15, -0.1) is 0 Å². The van der Waals surface area contributed by atoms with Crippen LogP contribution < -0.4 is 10.5 Å². The lowest BCUT2D eigenvalue weighted by Gasteiger charge is -2.03. The monoisotopic (exact) mass is 181 g/mol. The number of nitrogens with two attached hydrogens (primary N) is 1. The van der Waals surface area contributed by atoms with Gasteiger partial charge in [0, 0.05) is 18.2 Å². The molecule has 3 heteroatoms. The Morgan fingerprint density at radius 3 is 2.92 bits per heavy atom. The molecule has 70 valence electrons. The van der Waals surface area contributed by atoms with Crippen molar-refractivity contribution in [2.45, 2.75) is 0 Å². The summed E-state index contributed by atoms with van der Waals surface area (Å²) in [7, 11) is 1.51. The highest BCUT2D eigenvalue weighted by atomic mass is 19.1. The first-order valence-corrected chi connectivity index (χ1v) is 3.98. The third-order valence-corrected chi connectivity index (χ3v) is 1.63. The highest BCUT2D eigenvalue weighted by molar-refractivity contribution is 5.57. The Morgan fingerprint density at radius 1 is 1.54 bits per heavy atom. The van der Waals surface area contributed by atoms with Crippen molar-refractivity contribution >= 4 is 6.08 Å². The zero-order valence-corrected chi connectivity index (χ0v) is 7.46. The van der Waals surface area contributed by atoms with E-state index in [4.69, 9.17) is 10.5 Å². The van der Waals surface area contributed by atoms with Gasteiger partial charge in [-0.2, -0.15) is 0 Å². The second-order valence-corrected chi connectivity index (χ2v) is 2.52. The van der Waals surface area contributed by atoms with Gasteiger partial charge in [-0.05, 0) is 12.1 Å². The summed E-state index contributed by atoms with van der Waals surface area (Å²) in [6.07, 6.45) is 3.59. The van der Waals surface area contributed by atoms with Crippen LogP contribution in [0.2, 0.25) is 0 Å². The molecule has 0 aliphatic rings. The van der Waals surface area contributed by atoms with Crippen molar-refractivity contribution in [1.29, 1.82) is 0 Å². The summed E-state index contributed by atoms with van der Waals surface area (Å²) in [4.78, 5) is 0. The van der Waals surface area contributed by atoms with E-state index in [-0.39, 0.29) is 5.82 Å². The highest BCUT2D eigenvalue weighted by Crippen LogP contribution is 2.20. The molecule has 0 aliphatic carbocycles. The van der Waals surface area contributed by atoms with Crippen LogP contribution in [0.1, 0.15) is 5.56 Å². The average molecular weight is 181 g/mol. The molecule has 2 nitrogen and oxygen atoms in total. The minimum atomic E-state index is -0.304. The Kier molecular flexibility index (Phi) is 3.46. The zero-order valence-electron chi connectivity index (χ0n) is 7.46. The molecule has 0 saturated carbocycles. The number of hydrogen-bond acceptors (Lipinski definition) is 2. The van der Waals surface area contributed by atoms with Crippen LogP contribution in [-0.2, 0) is 0 Å². The predicted molar refractivity (Wildman–Crippen MR) is 51.0 cm³/mol. The van der Waals surface area contributed by atoms with E-state index in [0.29, 0.717) is 12.3 Å². The van der Waals surface area contributed by atoms with E-state index in [1.54, 1.807) is 18.2 Å². The number of halogens is 1. The van der Waals surface area contributed by atoms with Crippen molar-refractivity contribution in [2.24, 2.45) is 5.73 Å². The lowest BCUT2D eigenvalue weighted by atomic mass is 10.2. The van der Waals surface area contributed by atoms with Crippen LogP contribution in [0.3, 0.4) is 0 Å². The summed E-state index contributed by atoms with van der Waals surface area (Å²) in [5, 5.41) is 0. The molecule has 0 atom stereocenters. The second kappa shape index (κ2) is 4.62. The van der Waals surface area contributed by atoms with Crippen molar-refractivity contribution in [2.75, 3.05) is 13.7 Å². The molecule has 0 aliphatic heterocycles. The maximum atomic E-state index is 12.7. The standard InChI is InChI=1S/C10H12FNO/c1-13-10-7-9(11)5-4-8(10)3-2-6-12/h2-5,7H,6,12H2,1H3. The van der Waals surface area contributed by atoms with Gasteiger partial charge < -0.3 is 10.5 Å². The molecule has 0 bridgehead atoms. The van der Waals surface area contributed by atoms with Crippen molar-refractivity contribution in [1.82, 2.24) is 0 Å². The van der Waals surface area contributed by atoms with Crippen LogP contribution in [0.15, 0.2) is 24.3 Å². The fourth-order valence-electron chi connectivity index (χ4n) is 1.02. The first kappa shape index (κ1) is 9.74. The third-order valence-electron chi connectivity index (χ3n) is 1.63. The smallest absolute Gasteiger partial charge is 0.128 e. The van der Waals surface area contributed by atoms with E-state index < -0.39 is 0 Å². The van der Waals surface area contributed by atoms with E-state index in [1.165, 1.54) is 19.2 Å². The number of rotatable bonds is 3. The van der Waals surface area contributed by atoms with E-state index in [2.05, 4.69) is 0 Å². The van der Waals surface area contributed by atoms with Gasteiger partial charge in [0.25, 0.3) is 0 Å². The molecule has 0 spiro atoms. The molecule has 0 amide bonds. The lowest BCUT2D eigenvalue weighted by Crippen LogP contribution is -1.93. The van der Waals surface area contributed by atoms with E-state index >= 15 is 0 Å². The van der Waals surface area contributed by atoms with Crippen molar-refractivity contribution < 1.29 is 9.13 Å². The molecule has 1 aromatic rings. The Bertz CT molecular complexity index is 310. The van der Waals surface area contributed by atoms with Gasteiger partial charge in [0.2, 0.25) is 0 Å². The molecule has 13 heavy (non-hydrogen) atoms. The second-order valence-electron chi connectivity index (χ2n) is 2.52. The minimum Gasteiger partial charge on any atom is -0.496 e. The molecule has 0 aromatic heterocycles. The molecule has 1 aromatic carbocycles. The first-order valence-electron chi connectivity index (χ1n) is 3.98. The van der Waals surface area contributed by atoms with Gasteiger partial charge in [-0.25, -0.2) is 4.39 Å². The Morgan fingerprint density at radius 2 is 2.31 bits per heavy atom. The molecule has 0 heterocycles. The summed E-state index contributed by atoms with van der Waals surface area (Å²) >= 11 is 0. The summed E-state index contributed by atoms with van der Waals surface area (Å²) in [6.45, 7) is 0.459. The van der Waals surface area contributed by atoms with Crippen LogP contribution in [0, 0.1) is 5.82 Å². The summed E-state index contributed by atoms with van der Waals surface area (Å²) in [6, 6.07) is 4.38. The highest BCUT2D eigenvalue weighted by Gasteiger charge is 2.00. The summed E-state index contributed by atoms with van der Waals surface area (Å²) in [5.41, 5.74) is 6.12. The molecule has 0 fully saturated rings. The van der Waals surface area contributed by atoms with Gasteiger partial charge in [-0.1, -0.05) is 12.2 Å². The molecule has 0 unspecified atom stereocenters. The van der Waals surface area contributed by atoms with E-state index in [1.807, 2.05) is 0 Å². The van der Waals surface area contributed by atoms with Gasteiger partial charge >= 0.3 is 0 Å². The molecular formula is C10H12FNO. The zero-order chi connectivity index (χ0) is 9.68. The minimum absolute atomic E-state index is 0.304. The Balaban J connectivity index is 2.99. The van der Waals surface area contributed by atoms with Crippen molar-refractivity contribution in [3.8, 4) is 5.75 Å². The van der Waals surface area contributed by atoms with Crippen molar-refractivity contribution in [3.05, 3.63) is 35.7 Å². The maximum absolute atomic E-state index is 12.7. The van der Waals surface area contributed by atoms with Crippen LogP contribution in [0.4, 0.5) is 4.39 Å². The summed E-state index contributed by atoms with van der Waals surface area (Å²) in [5.74, 6) is 0.214. The fourth-order valence-corrected chi connectivity index (χ4v) is 1.02. The SMILES string of the molecule is COc1cc(F)ccc1C=CCN. The van der Waals surface area contributed by atoms with Crippen molar-refractivity contribution in [3.63, 3.8) is 0 Å². The largest absolute Gasteiger partial charge is 0.496 e. The quantitative estimate of drug-likeness (QED) is 0.771. The molecule has 0 radical (unpaired) electrons. The van der Waals surface area contributed by atoms with E-state index in [9.17, 15) is 4.39 Å². The number of ether oxygens (including phenoxy) is 1. The van der Waals surface area contributed by atoms with Crippen LogP contribution in [0.25, 0.3) is 6.08 Å². The number of benzene rings is 1.